The van der Waals surface area contributed by atoms with Gasteiger partial charge in [-0.1, -0.05) is 30.2 Å². The molecule has 0 radical (unpaired) electrons. The molecule has 0 fully saturated rings. The van der Waals surface area contributed by atoms with Crippen LogP contribution in [-0.4, -0.2) is 12.5 Å². The van der Waals surface area contributed by atoms with Gasteiger partial charge in [0, 0.05) is 0 Å². The molecule has 1 N–H and O–H groups in total. The Hall–Kier alpha value is -3.57. The largest absolute Gasteiger partial charge is 0.481 e. The van der Waals surface area contributed by atoms with Crippen molar-refractivity contribution in [2.24, 2.45) is 0 Å². The van der Waals surface area contributed by atoms with Gasteiger partial charge in [0.05, 0.1) is 5.69 Å². The Balaban J connectivity index is 2.20. The molecule has 0 aliphatic heterocycles. The van der Waals surface area contributed by atoms with Crippen molar-refractivity contribution in [2.75, 3.05) is 11.9 Å². The number of nitrogens with one attached hydrogen (secondary N) is 1. The molecule has 1 amide bonds. The molecule has 2 aromatic rings. The van der Waals surface area contributed by atoms with Crippen molar-refractivity contribution >= 4 is 17.7 Å². The third-order valence-corrected chi connectivity index (χ3v) is 2.98. The monoisotopic (exact) mass is 320 g/mol. The van der Waals surface area contributed by atoms with Crippen LogP contribution < -0.4 is 10.1 Å². The lowest BCUT2D eigenvalue weighted by Crippen LogP contribution is -2.14. The van der Waals surface area contributed by atoms with Gasteiger partial charge in [0.2, 0.25) is 0 Å². The zero-order chi connectivity index (χ0) is 17.4. The Morgan fingerprint density at radius 1 is 1.29 bits per heavy atom. The highest BCUT2D eigenvalue weighted by Gasteiger charge is 2.11. The molecule has 2 aromatic carbocycles. The maximum Gasteiger partial charge on any atom is 0.266 e. The van der Waals surface area contributed by atoms with Crippen LogP contribution in [-0.2, 0) is 4.79 Å². The van der Waals surface area contributed by atoms with Crippen LogP contribution in [0.3, 0.4) is 0 Å². The summed E-state index contributed by atoms with van der Waals surface area (Å²) in [6.45, 7) is 0.117. The minimum Gasteiger partial charge on any atom is -0.481 e. The van der Waals surface area contributed by atoms with E-state index in [4.69, 9.17) is 11.2 Å². The number of nitrogens with zero attached hydrogens (tertiary/aromatic N) is 1. The quantitative estimate of drug-likeness (QED) is 0.522. The lowest BCUT2D eigenvalue weighted by Gasteiger charge is -2.06. The van der Waals surface area contributed by atoms with Crippen molar-refractivity contribution in [2.45, 2.75) is 0 Å². The van der Waals surface area contributed by atoms with Gasteiger partial charge in [-0.15, -0.1) is 6.42 Å². The lowest BCUT2D eigenvalue weighted by molar-refractivity contribution is -0.112. The second-order valence-electron chi connectivity index (χ2n) is 4.67. The fourth-order valence-electron chi connectivity index (χ4n) is 1.89. The number of para-hydroxylation sites is 1. The molecule has 5 heteroatoms. The van der Waals surface area contributed by atoms with Crippen molar-refractivity contribution in [3.8, 4) is 24.2 Å². The van der Waals surface area contributed by atoms with Gasteiger partial charge in [-0.2, -0.15) is 5.26 Å². The first-order chi connectivity index (χ1) is 11.6. The summed E-state index contributed by atoms with van der Waals surface area (Å²) in [7, 11) is 0. The summed E-state index contributed by atoms with van der Waals surface area (Å²) in [5.41, 5.74) is 0.437. The number of amides is 1. The third kappa shape index (κ3) is 4.46. The lowest BCUT2D eigenvalue weighted by atomic mass is 10.1. The number of rotatable bonds is 5. The van der Waals surface area contributed by atoms with Crippen LogP contribution in [0.15, 0.2) is 54.1 Å². The SMILES string of the molecule is C#CCOc1cccc(/C=C(/C#N)C(=O)Nc2ccccc2F)c1. The second kappa shape index (κ2) is 8.17. The predicted molar refractivity (Wildman–Crippen MR) is 89.4 cm³/mol. The molecular formula is C19H13FN2O2. The first kappa shape index (κ1) is 16.8. The molecule has 0 bridgehead atoms. The van der Waals surface area contributed by atoms with Crippen LogP contribution in [0, 0.1) is 29.5 Å². The van der Waals surface area contributed by atoms with E-state index in [9.17, 15) is 14.4 Å². The number of benzene rings is 2. The molecule has 0 saturated heterocycles. The van der Waals surface area contributed by atoms with Gasteiger partial charge in [-0.3, -0.25) is 4.79 Å². The Morgan fingerprint density at radius 3 is 2.79 bits per heavy atom. The molecule has 0 saturated carbocycles. The predicted octanol–water partition coefficient (Wildman–Crippen LogP) is 3.38. The van der Waals surface area contributed by atoms with E-state index in [-0.39, 0.29) is 17.9 Å². The van der Waals surface area contributed by atoms with Gasteiger partial charge in [0.25, 0.3) is 5.91 Å². The molecule has 2 rings (SSSR count). The molecule has 0 spiro atoms. The summed E-state index contributed by atoms with van der Waals surface area (Å²) in [6.07, 6.45) is 6.52. The number of nitriles is 1. The van der Waals surface area contributed by atoms with Gasteiger partial charge in [0.15, 0.2) is 0 Å². The highest BCUT2D eigenvalue weighted by atomic mass is 19.1. The fourth-order valence-corrected chi connectivity index (χ4v) is 1.89. The van der Waals surface area contributed by atoms with Gasteiger partial charge >= 0.3 is 0 Å². The van der Waals surface area contributed by atoms with E-state index in [1.54, 1.807) is 36.4 Å². The van der Waals surface area contributed by atoms with Crippen LogP contribution in [0.4, 0.5) is 10.1 Å². The van der Waals surface area contributed by atoms with Crippen LogP contribution in [0.25, 0.3) is 6.08 Å². The minimum atomic E-state index is -0.697. The molecule has 4 nitrogen and oxygen atoms in total. The number of halogens is 1. The molecule has 0 aliphatic carbocycles. The number of carbonyl (C=O) groups excluding carboxylic acids is 1. The number of anilines is 1. The normalized spacial score (nSPS) is 10.4. The van der Waals surface area contributed by atoms with Crippen LogP contribution in [0.5, 0.6) is 5.75 Å². The zero-order valence-electron chi connectivity index (χ0n) is 12.6. The standard InChI is InChI=1S/C19H13FN2O2/c1-2-10-24-16-7-5-6-14(12-16)11-15(13-21)19(23)22-18-9-4-3-8-17(18)20/h1,3-9,11-12H,10H2,(H,22,23)/b15-11-. The molecule has 118 valence electrons. The second-order valence-corrected chi connectivity index (χ2v) is 4.67. The smallest absolute Gasteiger partial charge is 0.266 e. The van der Waals surface area contributed by atoms with E-state index >= 15 is 0 Å². The van der Waals surface area contributed by atoms with Crippen molar-refractivity contribution < 1.29 is 13.9 Å². The first-order valence-electron chi connectivity index (χ1n) is 6.98. The first-order valence-corrected chi connectivity index (χ1v) is 6.98. The average Bonchev–Trinajstić information content (AvgIpc) is 2.60. The average molecular weight is 320 g/mol. The Morgan fingerprint density at radius 2 is 2.08 bits per heavy atom. The molecule has 0 atom stereocenters. The highest BCUT2D eigenvalue weighted by Crippen LogP contribution is 2.17. The van der Waals surface area contributed by atoms with Gasteiger partial charge in [-0.25, -0.2) is 4.39 Å². The van der Waals surface area contributed by atoms with Gasteiger partial charge in [0.1, 0.15) is 29.8 Å². The summed E-state index contributed by atoms with van der Waals surface area (Å²) in [6, 6.07) is 14.3. The van der Waals surface area contributed by atoms with E-state index in [0.29, 0.717) is 11.3 Å². The van der Waals surface area contributed by atoms with Gasteiger partial charge in [-0.05, 0) is 35.9 Å². The van der Waals surface area contributed by atoms with E-state index in [0.717, 1.165) is 0 Å². The summed E-state index contributed by atoms with van der Waals surface area (Å²) in [4.78, 5) is 12.1. The van der Waals surface area contributed by atoms with Gasteiger partial charge < -0.3 is 10.1 Å². The van der Waals surface area contributed by atoms with Crippen molar-refractivity contribution in [1.82, 2.24) is 0 Å². The van der Waals surface area contributed by atoms with Crippen LogP contribution in [0.2, 0.25) is 0 Å². The zero-order valence-corrected chi connectivity index (χ0v) is 12.6. The summed E-state index contributed by atoms with van der Waals surface area (Å²) >= 11 is 0. The van der Waals surface area contributed by atoms with E-state index in [1.165, 1.54) is 24.3 Å². The fraction of sp³-hybridized carbons (Fsp3) is 0.0526. The van der Waals surface area contributed by atoms with Crippen molar-refractivity contribution in [3.05, 3.63) is 65.5 Å². The highest BCUT2D eigenvalue weighted by molar-refractivity contribution is 6.09. The van der Waals surface area contributed by atoms with E-state index in [2.05, 4.69) is 11.2 Å². The number of hydrogen-bond acceptors (Lipinski definition) is 3. The maximum atomic E-state index is 13.6. The number of hydrogen-bond donors (Lipinski definition) is 1. The summed E-state index contributed by atoms with van der Waals surface area (Å²) in [5, 5.41) is 11.6. The Kier molecular flexibility index (Phi) is 5.71. The molecule has 0 heterocycles. The number of carbonyl (C=O) groups is 1. The van der Waals surface area contributed by atoms with Crippen LogP contribution in [0.1, 0.15) is 5.56 Å². The number of terminal acetylenes is 1. The van der Waals surface area contributed by atoms with Crippen molar-refractivity contribution in [1.29, 1.82) is 5.26 Å². The molecule has 0 aliphatic rings. The van der Waals surface area contributed by atoms with E-state index in [1.807, 2.05) is 0 Å². The maximum absolute atomic E-state index is 13.6. The number of ether oxygens (including phenoxy) is 1. The Bertz CT molecular complexity index is 860. The van der Waals surface area contributed by atoms with Crippen LogP contribution >= 0.6 is 0 Å². The molecule has 0 aromatic heterocycles. The minimum absolute atomic E-state index is 0.00903. The topological polar surface area (TPSA) is 62.1 Å². The molecule has 24 heavy (non-hydrogen) atoms. The third-order valence-electron chi connectivity index (χ3n) is 2.98. The summed E-state index contributed by atoms with van der Waals surface area (Å²) < 4.78 is 18.9. The van der Waals surface area contributed by atoms with Crippen molar-refractivity contribution in [3.63, 3.8) is 0 Å². The Labute approximate surface area is 139 Å². The molecule has 0 unspecified atom stereocenters. The molecular weight excluding hydrogens is 307 g/mol. The summed E-state index contributed by atoms with van der Waals surface area (Å²) in [5.74, 6) is 1.60. The van der Waals surface area contributed by atoms with E-state index < -0.39 is 11.7 Å².